The number of amides is 1. The van der Waals surface area contributed by atoms with Gasteiger partial charge in [0, 0.05) is 42.0 Å². The lowest BCUT2D eigenvalue weighted by Crippen LogP contribution is -2.21. The van der Waals surface area contributed by atoms with Gasteiger partial charge in [-0.3, -0.25) is 14.9 Å². The lowest BCUT2D eigenvalue weighted by atomic mass is 9.98. The zero-order valence-electron chi connectivity index (χ0n) is 21.7. The van der Waals surface area contributed by atoms with E-state index in [1.165, 1.54) is 11.1 Å². The highest BCUT2D eigenvalue weighted by molar-refractivity contribution is 5.95. The van der Waals surface area contributed by atoms with Crippen molar-refractivity contribution >= 4 is 17.3 Å². The minimum atomic E-state index is -0.0297. The lowest BCUT2D eigenvalue weighted by Gasteiger charge is -2.19. The number of benzene rings is 2. The van der Waals surface area contributed by atoms with E-state index in [1.54, 1.807) is 0 Å². The molecule has 1 aliphatic rings. The molecule has 3 aromatic heterocycles. The van der Waals surface area contributed by atoms with Gasteiger partial charge in [-0.25, -0.2) is 4.98 Å². The molecule has 1 amide bonds. The van der Waals surface area contributed by atoms with Crippen molar-refractivity contribution in [1.29, 1.82) is 0 Å². The Morgan fingerprint density at radius 1 is 1.11 bits per heavy atom. The molecule has 1 unspecified atom stereocenters. The molecule has 6 rings (SSSR count). The number of nitrogens with one attached hydrogen (secondary N) is 3. The number of aromatic amines is 2. The zero-order valence-corrected chi connectivity index (χ0v) is 21.7. The van der Waals surface area contributed by atoms with E-state index in [4.69, 9.17) is 4.98 Å². The minimum absolute atomic E-state index is 0.0297. The number of rotatable bonds is 8. The molecule has 2 aromatic carbocycles. The van der Waals surface area contributed by atoms with Crippen LogP contribution in [0.4, 0.5) is 0 Å². The van der Waals surface area contributed by atoms with Gasteiger partial charge in [0.1, 0.15) is 5.69 Å². The number of nitrogens with zero attached hydrogens (tertiary/aromatic N) is 4. The van der Waals surface area contributed by atoms with E-state index in [9.17, 15) is 4.79 Å². The van der Waals surface area contributed by atoms with Gasteiger partial charge in [0.2, 0.25) is 6.41 Å². The molecule has 1 aliphatic heterocycles. The SMILES string of the molecule is CCNCc1cncc(-c2ccc3[nH]nc(-c4nc(-c5ccccc5)c(C5CCCN5C=O)[nH]4)c3c2)c1C. The number of likely N-dealkylation sites (tertiary alicyclic amines) is 1. The van der Waals surface area contributed by atoms with Gasteiger partial charge in [-0.05, 0) is 55.1 Å². The van der Waals surface area contributed by atoms with Crippen molar-refractivity contribution in [3.8, 4) is 33.9 Å². The van der Waals surface area contributed by atoms with Crippen LogP contribution in [0.2, 0.25) is 0 Å². The summed E-state index contributed by atoms with van der Waals surface area (Å²) < 4.78 is 0. The van der Waals surface area contributed by atoms with Gasteiger partial charge in [-0.1, -0.05) is 43.3 Å². The highest BCUT2D eigenvalue weighted by Gasteiger charge is 2.30. The number of imidazole rings is 1. The van der Waals surface area contributed by atoms with Gasteiger partial charge in [-0.2, -0.15) is 5.10 Å². The van der Waals surface area contributed by atoms with Gasteiger partial charge in [0.25, 0.3) is 0 Å². The first-order chi connectivity index (χ1) is 18.7. The summed E-state index contributed by atoms with van der Waals surface area (Å²) in [7, 11) is 0. The summed E-state index contributed by atoms with van der Waals surface area (Å²) in [5.41, 5.74) is 9.13. The summed E-state index contributed by atoms with van der Waals surface area (Å²) in [5, 5.41) is 12.2. The van der Waals surface area contributed by atoms with Crippen molar-refractivity contribution in [1.82, 2.24) is 35.4 Å². The van der Waals surface area contributed by atoms with E-state index in [2.05, 4.69) is 69.7 Å². The molecule has 5 aromatic rings. The van der Waals surface area contributed by atoms with Gasteiger partial charge < -0.3 is 15.2 Å². The van der Waals surface area contributed by atoms with Crippen molar-refractivity contribution in [2.75, 3.05) is 13.1 Å². The van der Waals surface area contributed by atoms with Crippen LogP contribution < -0.4 is 5.32 Å². The van der Waals surface area contributed by atoms with Crippen molar-refractivity contribution in [3.63, 3.8) is 0 Å². The maximum atomic E-state index is 11.8. The zero-order chi connectivity index (χ0) is 26.1. The van der Waals surface area contributed by atoms with Crippen LogP contribution in [0.5, 0.6) is 0 Å². The number of hydrogen-bond donors (Lipinski definition) is 3. The molecule has 0 bridgehead atoms. The van der Waals surface area contributed by atoms with E-state index in [1.807, 2.05) is 35.5 Å². The second-order valence-corrected chi connectivity index (χ2v) is 9.80. The van der Waals surface area contributed by atoms with Crippen molar-refractivity contribution in [2.45, 2.75) is 39.3 Å². The Bertz CT molecular complexity index is 1590. The highest BCUT2D eigenvalue weighted by Crippen LogP contribution is 2.38. The van der Waals surface area contributed by atoms with Gasteiger partial charge in [0.05, 0.1) is 22.9 Å². The van der Waals surface area contributed by atoms with Crippen LogP contribution in [0.1, 0.15) is 42.6 Å². The van der Waals surface area contributed by atoms with Crippen LogP contribution in [0.3, 0.4) is 0 Å². The Labute approximate surface area is 221 Å². The first-order valence-corrected chi connectivity index (χ1v) is 13.2. The molecule has 0 aliphatic carbocycles. The summed E-state index contributed by atoms with van der Waals surface area (Å²) in [4.78, 5) is 26.8. The average molecular weight is 506 g/mol. The van der Waals surface area contributed by atoms with Crippen LogP contribution >= 0.6 is 0 Å². The summed E-state index contributed by atoms with van der Waals surface area (Å²) in [6.45, 7) is 6.71. The molecule has 0 radical (unpaired) electrons. The monoisotopic (exact) mass is 505 g/mol. The van der Waals surface area contributed by atoms with Gasteiger partial charge in [-0.15, -0.1) is 0 Å². The molecule has 0 saturated carbocycles. The summed E-state index contributed by atoms with van der Waals surface area (Å²) >= 11 is 0. The van der Waals surface area contributed by atoms with Crippen LogP contribution in [0.15, 0.2) is 60.9 Å². The lowest BCUT2D eigenvalue weighted by molar-refractivity contribution is -0.119. The Kier molecular flexibility index (Phi) is 6.47. The number of pyridine rings is 1. The second kappa shape index (κ2) is 10.2. The maximum absolute atomic E-state index is 11.8. The minimum Gasteiger partial charge on any atom is -0.338 e. The normalized spacial score (nSPS) is 15.4. The number of aromatic nitrogens is 5. The molecule has 8 nitrogen and oxygen atoms in total. The van der Waals surface area contributed by atoms with Crippen molar-refractivity contribution in [2.24, 2.45) is 0 Å². The molecular weight excluding hydrogens is 474 g/mol. The molecule has 8 heteroatoms. The van der Waals surface area contributed by atoms with Crippen LogP contribution in [-0.2, 0) is 11.3 Å². The number of H-pyrrole nitrogens is 2. The van der Waals surface area contributed by atoms with Gasteiger partial charge in [0.15, 0.2) is 5.82 Å². The molecule has 1 saturated heterocycles. The maximum Gasteiger partial charge on any atom is 0.210 e. The standard InChI is InChI=1S/C30H31N7O/c1-3-31-15-22-16-32-17-24(19(22)2)21-11-12-25-23(14-21)28(36-35-25)30-33-27(20-8-5-4-6-9-20)29(34-30)26-10-7-13-37(26)18-38/h4-6,8-9,11-12,14,16-18,26,31H,3,7,10,13,15H2,1-2H3,(H,33,34)(H,35,36). The molecule has 1 atom stereocenters. The largest absolute Gasteiger partial charge is 0.338 e. The molecule has 4 heterocycles. The fourth-order valence-corrected chi connectivity index (χ4v) is 5.44. The summed E-state index contributed by atoms with van der Waals surface area (Å²) in [6.07, 6.45) is 6.69. The number of hydrogen-bond acceptors (Lipinski definition) is 5. The third kappa shape index (κ3) is 4.26. The molecular formula is C30H31N7O. The van der Waals surface area contributed by atoms with Crippen molar-refractivity contribution < 1.29 is 4.79 Å². The van der Waals surface area contributed by atoms with Crippen LogP contribution in [0.25, 0.3) is 44.8 Å². The van der Waals surface area contributed by atoms with Crippen LogP contribution in [0, 0.1) is 6.92 Å². The van der Waals surface area contributed by atoms with E-state index in [0.717, 1.165) is 83.6 Å². The topological polar surface area (TPSA) is 103 Å². The Hall–Kier alpha value is -4.30. The molecule has 38 heavy (non-hydrogen) atoms. The predicted molar refractivity (Wildman–Crippen MR) is 149 cm³/mol. The smallest absolute Gasteiger partial charge is 0.210 e. The predicted octanol–water partition coefficient (Wildman–Crippen LogP) is 5.39. The van der Waals surface area contributed by atoms with E-state index < -0.39 is 0 Å². The fraction of sp³-hybridized carbons (Fsp3) is 0.267. The van der Waals surface area contributed by atoms with Crippen LogP contribution in [-0.4, -0.2) is 49.5 Å². The highest BCUT2D eigenvalue weighted by atomic mass is 16.1. The van der Waals surface area contributed by atoms with Crippen molar-refractivity contribution in [3.05, 3.63) is 77.7 Å². The summed E-state index contributed by atoms with van der Waals surface area (Å²) in [5.74, 6) is 0.691. The third-order valence-corrected chi connectivity index (χ3v) is 7.53. The first kappa shape index (κ1) is 24.1. The molecule has 1 fully saturated rings. The second-order valence-electron chi connectivity index (χ2n) is 9.80. The van der Waals surface area contributed by atoms with E-state index in [-0.39, 0.29) is 6.04 Å². The number of fused-ring (bicyclic) bond motifs is 1. The Balaban J connectivity index is 1.46. The first-order valence-electron chi connectivity index (χ1n) is 13.2. The molecule has 0 spiro atoms. The molecule has 192 valence electrons. The Morgan fingerprint density at radius 3 is 2.79 bits per heavy atom. The fourth-order valence-electron chi connectivity index (χ4n) is 5.44. The molecule has 3 N–H and O–H groups in total. The van der Waals surface area contributed by atoms with E-state index in [0.29, 0.717) is 5.82 Å². The number of carbonyl (C=O) groups excluding carboxylic acids is 1. The number of carbonyl (C=O) groups is 1. The van der Waals surface area contributed by atoms with Gasteiger partial charge >= 0.3 is 0 Å². The third-order valence-electron chi connectivity index (χ3n) is 7.53. The Morgan fingerprint density at radius 2 is 1.97 bits per heavy atom. The summed E-state index contributed by atoms with van der Waals surface area (Å²) in [6, 6.07) is 16.4. The quantitative estimate of drug-likeness (QED) is 0.245. The average Bonchev–Trinajstić information content (AvgIpc) is 3.70. The van der Waals surface area contributed by atoms with E-state index >= 15 is 0 Å².